The molecule has 0 saturated heterocycles. The average Bonchev–Trinajstić information content (AvgIpc) is 3.53. The summed E-state index contributed by atoms with van der Waals surface area (Å²) in [6.45, 7) is 9.52. The zero-order valence-corrected chi connectivity index (χ0v) is 25.3. The van der Waals surface area contributed by atoms with E-state index in [1.165, 1.54) is 12.0 Å². The molecule has 2 aliphatic heterocycles. The number of benzene rings is 2. The van der Waals surface area contributed by atoms with Crippen molar-refractivity contribution in [2.45, 2.75) is 52.3 Å². The maximum absolute atomic E-state index is 14.5. The molecule has 0 fully saturated rings. The third-order valence-electron chi connectivity index (χ3n) is 7.38. The third kappa shape index (κ3) is 3.96. The van der Waals surface area contributed by atoms with E-state index < -0.39 is 17.4 Å². The van der Waals surface area contributed by atoms with Crippen LogP contribution in [0.1, 0.15) is 61.0 Å². The quantitative estimate of drug-likeness (QED) is 0.278. The monoisotopic (exact) mass is 606 g/mol. The number of halogens is 2. The number of hydrogen-bond donors (Lipinski definition) is 1. The largest absolute Gasteiger partial charge is 0.480 e. The van der Waals surface area contributed by atoms with Crippen molar-refractivity contribution in [3.63, 3.8) is 0 Å². The number of anilines is 2. The van der Waals surface area contributed by atoms with Crippen LogP contribution in [0.25, 0.3) is 11.4 Å². The predicted molar refractivity (Wildman–Crippen MR) is 160 cm³/mol. The fourth-order valence-electron chi connectivity index (χ4n) is 5.75. The minimum Gasteiger partial charge on any atom is -0.480 e. The first-order valence-corrected chi connectivity index (χ1v) is 14.2. The van der Waals surface area contributed by atoms with Gasteiger partial charge in [0.1, 0.15) is 5.82 Å². The van der Waals surface area contributed by atoms with Gasteiger partial charge in [-0.25, -0.2) is 9.97 Å². The van der Waals surface area contributed by atoms with E-state index in [1.807, 2.05) is 45.3 Å². The highest BCUT2D eigenvalue weighted by Crippen LogP contribution is 2.55. The summed E-state index contributed by atoms with van der Waals surface area (Å²) in [5.74, 6) is -0.260. The number of aryl methyl sites for hydroxylation is 1. The standard InChI is InChI=1S/C30H28Cl2N6O4/c1-14(2)37-24-23(35-25(37)19-13-33-29(42-15(3)4)36-26(19)41-6)27(39)38(22-12-18(32)8-7-16(22)5)30(24)20-10-9-17(31)11-21(20)34-28(30)40/h7-15H,1-6H3,(H,34,40). The topological polar surface area (TPSA) is 111 Å². The number of carbonyl (C=O) groups excluding carboxylic acids is 2. The van der Waals surface area contributed by atoms with Crippen LogP contribution in [0.2, 0.25) is 10.0 Å². The molecule has 1 atom stereocenters. The first kappa shape index (κ1) is 28.0. The fraction of sp³-hybridized carbons (Fsp3) is 0.300. The molecule has 6 rings (SSSR count). The van der Waals surface area contributed by atoms with Gasteiger partial charge >= 0.3 is 6.01 Å². The first-order valence-electron chi connectivity index (χ1n) is 13.4. The van der Waals surface area contributed by atoms with Gasteiger partial charge in [0.05, 0.1) is 30.2 Å². The minimum absolute atomic E-state index is 0.126. The van der Waals surface area contributed by atoms with Gasteiger partial charge in [0, 0.05) is 33.5 Å². The highest BCUT2D eigenvalue weighted by Gasteiger charge is 2.64. The van der Waals surface area contributed by atoms with E-state index in [9.17, 15) is 9.59 Å². The number of hydrogen-bond acceptors (Lipinski definition) is 7. The van der Waals surface area contributed by atoms with Crippen LogP contribution in [0.5, 0.6) is 11.9 Å². The molecule has 4 heterocycles. The Labute approximate surface area is 252 Å². The summed E-state index contributed by atoms with van der Waals surface area (Å²) >= 11 is 12.8. The molecule has 2 aromatic heterocycles. The molecule has 42 heavy (non-hydrogen) atoms. The SMILES string of the molecule is COc1nc(OC(C)C)ncc1-c1nc2c(n1C(C)C)C1(C(=O)Nc3cc(Cl)ccc31)N(c1cc(Cl)ccc1C)C2=O. The summed E-state index contributed by atoms with van der Waals surface area (Å²) in [6, 6.07) is 10.3. The Balaban J connectivity index is 1.68. The Morgan fingerprint density at radius 1 is 1.00 bits per heavy atom. The van der Waals surface area contributed by atoms with Gasteiger partial charge in [-0.05, 0) is 64.4 Å². The molecule has 0 bridgehead atoms. The second-order valence-electron chi connectivity index (χ2n) is 10.8. The van der Waals surface area contributed by atoms with E-state index in [0.717, 1.165) is 5.56 Å². The van der Waals surface area contributed by atoms with Crippen molar-refractivity contribution in [2.75, 3.05) is 17.3 Å². The van der Waals surface area contributed by atoms with Crippen molar-refractivity contribution in [1.29, 1.82) is 0 Å². The molecule has 1 spiro atoms. The Bertz CT molecular complexity index is 1790. The van der Waals surface area contributed by atoms with E-state index in [0.29, 0.717) is 44.1 Å². The Hall–Kier alpha value is -4.15. The van der Waals surface area contributed by atoms with Crippen molar-refractivity contribution in [3.05, 3.63) is 75.2 Å². The number of imidazole rings is 1. The second kappa shape index (κ2) is 9.99. The van der Waals surface area contributed by atoms with E-state index in [1.54, 1.807) is 36.5 Å². The molecule has 0 aliphatic carbocycles. The van der Waals surface area contributed by atoms with Crippen LogP contribution in [0, 0.1) is 6.92 Å². The van der Waals surface area contributed by atoms with Crippen LogP contribution in [-0.4, -0.2) is 44.5 Å². The van der Waals surface area contributed by atoms with Gasteiger partial charge in [-0.1, -0.05) is 35.3 Å². The molecule has 4 aromatic rings. The first-order chi connectivity index (χ1) is 20.0. The number of nitrogens with zero attached hydrogens (tertiary/aromatic N) is 5. The minimum atomic E-state index is -1.61. The number of fused-ring (bicyclic) bond motifs is 4. The number of carbonyl (C=O) groups is 2. The number of aromatic nitrogens is 4. The molecular weight excluding hydrogens is 579 g/mol. The summed E-state index contributed by atoms with van der Waals surface area (Å²) in [7, 11) is 1.49. The van der Waals surface area contributed by atoms with E-state index in [-0.39, 0.29) is 29.7 Å². The van der Waals surface area contributed by atoms with Crippen molar-refractivity contribution in [1.82, 2.24) is 19.5 Å². The lowest BCUT2D eigenvalue weighted by molar-refractivity contribution is -0.119. The number of rotatable bonds is 6. The van der Waals surface area contributed by atoms with Crippen LogP contribution in [0.3, 0.4) is 0 Å². The lowest BCUT2D eigenvalue weighted by Gasteiger charge is -2.36. The molecule has 10 nitrogen and oxygen atoms in total. The molecule has 216 valence electrons. The lowest BCUT2D eigenvalue weighted by atomic mass is 9.86. The number of methoxy groups -OCH3 is 1. The highest BCUT2D eigenvalue weighted by atomic mass is 35.5. The van der Waals surface area contributed by atoms with Crippen LogP contribution < -0.4 is 19.7 Å². The summed E-state index contributed by atoms with van der Waals surface area (Å²) in [4.78, 5) is 44.0. The normalized spacial score (nSPS) is 17.3. The van der Waals surface area contributed by atoms with E-state index in [2.05, 4.69) is 15.3 Å². The Kier molecular flexibility index (Phi) is 6.66. The van der Waals surface area contributed by atoms with Crippen molar-refractivity contribution >= 4 is 46.4 Å². The molecule has 2 amide bonds. The molecule has 1 N–H and O–H groups in total. The highest BCUT2D eigenvalue weighted by molar-refractivity contribution is 6.32. The second-order valence-corrected chi connectivity index (χ2v) is 11.6. The van der Waals surface area contributed by atoms with Crippen LogP contribution in [0.4, 0.5) is 11.4 Å². The Morgan fingerprint density at radius 2 is 1.71 bits per heavy atom. The van der Waals surface area contributed by atoms with E-state index >= 15 is 0 Å². The van der Waals surface area contributed by atoms with Crippen LogP contribution >= 0.6 is 23.2 Å². The average molecular weight is 607 g/mol. The molecule has 0 saturated carbocycles. The van der Waals surface area contributed by atoms with Gasteiger partial charge in [-0.3, -0.25) is 14.5 Å². The van der Waals surface area contributed by atoms with Crippen molar-refractivity contribution < 1.29 is 19.1 Å². The maximum atomic E-state index is 14.5. The summed E-state index contributed by atoms with van der Waals surface area (Å²) in [6.07, 6.45) is 1.41. The molecule has 2 aromatic carbocycles. The van der Waals surface area contributed by atoms with Gasteiger partial charge in [0.15, 0.2) is 11.2 Å². The summed E-state index contributed by atoms with van der Waals surface area (Å²) < 4.78 is 13.2. The number of nitrogens with one attached hydrogen (secondary N) is 1. The van der Waals surface area contributed by atoms with Gasteiger partial charge < -0.3 is 19.4 Å². The van der Waals surface area contributed by atoms with Crippen LogP contribution in [0.15, 0.2) is 42.6 Å². The summed E-state index contributed by atoms with van der Waals surface area (Å²) in [5.41, 5.74) is 1.72. The van der Waals surface area contributed by atoms with Crippen molar-refractivity contribution in [2.24, 2.45) is 0 Å². The van der Waals surface area contributed by atoms with Crippen LogP contribution in [-0.2, 0) is 10.3 Å². The third-order valence-corrected chi connectivity index (χ3v) is 7.85. The number of ether oxygens (including phenoxy) is 2. The zero-order chi connectivity index (χ0) is 30.1. The summed E-state index contributed by atoms with van der Waals surface area (Å²) in [5, 5.41) is 3.85. The molecular formula is C30H28Cl2N6O4. The predicted octanol–water partition coefficient (Wildman–Crippen LogP) is 6.19. The fourth-order valence-corrected chi connectivity index (χ4v) is 6.09. The van der Waals surface area contributed by atoms with Gasteiger partial charge in [-0.15, -0.1) is 0 Å². The van der Waals surface area contributed by atoms with Gasteiger partial charge in [0.25, 0.3) is 11.8 Å². The Morgan fingerprint density at radius 3 is 2.40 bits per heavy atom. The van der Waals surface area contributed by atoms with Gasteiger partial charge in [0.2, 0.25) is 5.88 Å². The van der Waals surface area contributed by atoms with Crippen molar-refractivity contribution in [3.8, 4) is 23.3 Å². The molecule has 2 aliphatic rings. The lowest BCUT2D eigenvalue weighted by Crippen LogP contribution is -2.51. The molecule has 1 unspecified atom stereocenters. The van der Waals surface area contributed by atoms with Gasteiger partial charge in [-0.2, -0.15) is 4.98 Å². The zero-order valence-electron chi connectivity index (χ0n) is 23.8. The number of amides is 2. The smallest absolute Gasteiger partial charge is 0.319 e. The maximum Gasteiger partial charge on any atom is 0.319 e. The van der Waals surface area contributed by atoms with E-state index in [4.69, 9.17) is 37.7 Å². The molecule has 0 radical (unpaired) electrons. The molecule has 12 heteroatoms.